The predicted molar refractivity (Wildman–Crippen MR) is 62.8 cm³/mol. The highest BCUT2D eigenvalue weighted by atomic mass is 32.3. The molecule has 0 aliphatic carbocycles. The summed E-state index contributed by atoms with van der Waals surface area (Å²) in [5, 5.41) is -15.8. The summed E-state index contributed by atoms with van der Waals surface area (Å²) >= 11 is 0. The maximum Gasteiger partial charge on any atom is 0.471 e. The second kappa shape index (κ2) is 7.55. The standard InChI is InChI=1S/C8HF18NO4S2/c9-1(10,3(13,14)5(17,18)19)2(11,12)4(15,16)7(23,24)32(28,29)27-33(30,31)8(25,26)6(20,21)22/h27H. The van der Waals surface area contributed by atoms with Gasteiger partial charge in [0.25, 0.3) is 20.0 Å². The number of alkyl halides is 18. The van der Waals surface area contributed by atoms with Crippen LogP contribution >= 0.6 is 0 Å². The zero-order valence-electron chi connectivity index (χ0n) is 13.8. The van der Waals surface area contributed by atoms with Crippen LogP contribution in [-0.4, -0.2) is 63.4 Å². The molecule has 0 bridgehead atoms. The average molecular weight is 581 g/mol. The number of halogens is 18. The van der Waals surface area contributed by atoms with Gasteiger partial charge in [0.15, 0.2) is 0 Å². The van der Waals surface area contributed by atoms with E-state index in [0.717, 1.165) is 0 Å². The molecule has 33 heavy (non-hydrogen) atoms. The molecule has 0 radical (unpaired) electrons. The molecule has 0 rings (SSSR count). The third-order valence-corrected chi connectivity index (χ3v) is 6.72. The van der Waals surface area contributed by atoms with Gasteiger partial charge < -0.3 is 0 Å². The van der Waals surface area contributed by atoms with E-state index < -0.39 is 70.7 Å². The first-order valence-electron chi connectivity index (χ1n) is 6.38. The Morgan fingerprint density at radius 2 is 0.636 bits per heavy atom. The molecule has 1 N–H and O–H groups in total. The Bertz CT molecular complexity index is 958. The minimum Gasteiger partial charge on any atom is -0.205 e. The van der Waals surface area contributed by atoms with E-state index in [2.05, 4.69) is 0 Å². The van der Waals surface area contributed by atoms with Gasteiger partial charge in [0, 0.05) is 0 Å². The van der Waals surface area contributed by atoms with Crippen LogP contribution in [0, 0.1) is 0 Å². The molecule has 0 unspecified atom stereocenters. The van der Waals surface area contributed by atoms with Gasteiger partial charge in [0.1, 0.15) is 0 Å². The van der Waals surface area contributed by atoms with E-state index in [0.29, 0.717) is 0 Å². The smallest absolute Gasteiger partial charge is 0.205 e. The fourth-order valence-corrected chi connectivity index (χ4v) is 4.09. The minimum atomic E-state index is -8.80. The summed E-state index contributed by atoms with van der Waals surface area (Å²) in [6.07, 6.45) is -15.3. The topological polar surface area (TPSA) is 80.3 Å². The van der Waals surface area contributed by atoms with E-state index in [4.69, 9.17) is 0 Å². The highest BCUT2D eigenvalue weighted by molar-refractivity contribution is 8.05. The van der Waals surface area contributed by atoms with Crippen molar-refractivity contribution in [3.8, 4) is 0 Å². The highest BCUT2D eigenvalue weighted by Gasteiger charge is 2.92. The van der Waals surface area contributed by atoms with Crippen molar-refractivity contribution in [1.29, 1.82) is 0 Å². The Labute approximate surface area is 167 Å². The largest absolute Gasteiger partial charge is 0.471 e. The quantitative estimate of drug-likeness (QED) is 0.439. The van der Waals surface area contributed by atoms with Crippen LogP contribution in [0.5, 0.6) is 0 Å². The van der Waals surface area contributed by atoms with Crippen LogP contribution in [0.25, 0.3) is 0 Å². The maximum absolute atomic E-state index is 13.4. The number of hydrogen-bond donors (Lipinski definition) is 1. The lowest BCUT2D eigenvalue weighted by atomic mass is 9.98. The molecule has 5 nitrogen and oxygen atoms in total. The van der Waals surface area contributed by atoms with Crippen LogP contribution < -0.4 is 4.13 Å². The van der Waals surface area contributed by atoms with E-state index in [-0.39, 0.29) is 0 Å². The molecule has 0 aromatic heterocycles. The molecule has 0 aromatic rings. The fourth-order valence-electron chi connectivity index (χ4n) is 1.33. The van der Waals surface area contributed by atoms with Gasteiger partial charge >= 0.3 is 46.6 Å². The predicted octanol–water partition coefficient (Wildman–Crippen LogP) is 4.09. The van der Waals surface area contributed by atoms with E-state index in [1.54, 1.807) is 0 Å². The first-order valence-corrected chi connectivity index (χ1v) is 9.35. The van der Waals surface area contributed by atoms with E-state index in [1.807, 2.05) is 0 Å². The van der Waals surface area contributed by atoms with Gasteiger partial charge in [-0.05, 0) is 0 Å². The van der Waals surface area contributed by atoms with Crippen molar-refractivity contribution >= 4 is 20.0 Å². The fraction of sp³-hybridized carbons (Fsp3) is 1.00. The van der Waals surface area contributed by atoms with Crippen LogP contribution in [0.15, 0.2) is 0 Å². The van der Waals surface area contributed by atoms with Gasteiger partial charge in [-0.3, -0.25) is 0 Å². The molecule has 0 saturated heterocycles. The zero-order chi connectivity index (χ0) is 27.7. The lowest BCUT2D eigenvalue weighted by Crippen LogP contribution is -2.72. The highest BCUT2D eigenvalue weighted by Crippen LogP contribution is 2.61. The third-order valence-electron chi connectivity index (χ3n) is 3.13. The zero-order valence-corrected chi connectivity index (χ0v) is 15.4. The summed E-state index contributed by atoms with van der Waals surface area (Å²) in [5.41, 5.74) is 0. The number of rotatable bonds is 8. The summed E-state index contributed by atoms with van der Waals surface area (Å²) in [6.45, 7) is 0. The first-order chi connectivity index (χ1) is 13.7. The van der Waals surface area contributed by atoms with Gasteiger partial charge in [-0.25, -0.2) is 16.8 Å². The molecular formula is C8HF18NO4S2. The normalized spacial score (nSPS) is 16.8. The molecule has 0 spiro atoms. The van der Waals surface area contributed by atoms with Crippen molar-refractivity contribution in [3.05, 3.63) is 0 Å². The van der Waals surface area contributed by atoms with Crippen LogP contribution in [0.1, 0.15) is 0 Å². The molecule has 0 fully saturated rings. The van der Waals surface area contributed by atoms with Crippen LogP contribution in [-0.2, 0) is 20.0 Å². The second-order valence-corrected chi connectivity index (χ2v) is 9.12. The van der Waals surface area contributed by atoms with Crippen molar-refractivity contribution in [1.82, 2.24) is 4.13 Å². The van der Waals surface area contributed by atoms with Crippen LogP contribution in [0.3, 0.4) is 0 Å². The van der Waals surface area contributed by atoms with E-state index >= 15 is 0 Å². The van der Waals surface area contributed by atoms with Crippen molar-refractivity contribution in [2.45, 2.75) is 46.6 Å². The summed E-state index contributed by atoms with van der Waals surface area (Å²) < 4.78 is 269. The van der Waals surface area contributed by atoms with Gasteiger partial charge in [-0.1, -0.05) is 4.13 Å². The Morgan fingerprint density at radius 1 is 0.364 bits per heavy atom. The van der Waals surface area contributed by atoms with Crippen molar-refractivity contribution < 1.29 is 95.9 Å². The molecule has 0 saturated carbocycles. The van der Waals surface area contributed by atoms with Crippen LogP contribution in [0.2, 0.25) is 0 Å². The molecule has 200 valence electrons. The third kappa shape index (κ3) is 4.27. The maximum atomic E-state index is 13.4. The van der Waals surface area contributed by atoms with Gasteiger partial charge in [0.2, 0.25) is 0 Å². The molecule has 0 heterocycles. The second-order valence-electron chi connectivity index (χ2n) is 5.42. The summed E-state index contributed by atoms with van der Waals surface area (Å²) in [4.78, 5) is 0. The Kier molecular flexibility index (Phi) is 7.23. The first kappa shape index (κ1) is 31.6. The Balaban J connectivity index is 6.81. The summed E-state index contributed by atoms with van der Waals surface area (Å²) in [7, 11) is -16.9. The number of hydrogen-bond acceptors (Lipinski definition) is 4. The van der Waals surface area contributed by atoms with Crippen LogP contribution in [0.4, 0.5) is 79.0 Å². The SMILES string of the molecule is O=S(=O)(NS(=O)(=O)C(F)(F)C(F)(F)C(F)(F)C(F)(F)C(F)(F)C(F)(F)F)C(F)(F)C(F)(F)F. The number of sulfonamides is 2. The Morgan fingerprint density at radius 3 is 0.909 bits per heavy atom. The monoisotopic (exact) mass is 581 g/mol. The molecular weight excluding hydrogens is 580 g/mol. The molecule has 0 aliphatic rings. The molecule has 25 heteroatoms. The lowest BCUT2D eigenvalue weighted by Gasteiger charge is -2.39. The molecule has 0 aliphatic heterocycles. The minimum absolute atomic E-state index is 1.53. The Hall–Kier alpha value is -1.40. The average Bonchev–Trinajstić information content (AvgIpc) is 2.50. The van der Waals surface area contributed by atoms with E-state index in [1.165, 1.54) is 0 Å². The van der Waals surface area contributed by atoms with Gasteiger partial charge in [-0.2, -0.15) is 79.0 Å². The lowest BCUT2D eigenvalue weighted by molar-refractivity contribution is -0.433. The number of nitrogens with one attached hydrogen (secondary N) is 1. The van der Waals surface area contributed by atoms with Gasteiger partial charge in [-0.15, -0.1) is 0 Å². The van der Waals surface area contributed by atoms with Crippen molar-refractivity contribution in [3.63, 3.8) is 0 Å². The summed E-state index contributed by atoms with van der Waals surface area (Å²) in [6, 6.07) is 0. The van der Waals surface area contributed by atoms with Crippen molar-refractivity contribution in [2.24, 2.45) is 0 Å². The molecule has 0 amide bonds. The van der Waals surface area contributed by atoms with Gasteiger partial charge in [0.05, 0.1) is 0 Å². The van der Waals surface area contributed by atoms with E-state index in [9.17, 15) is 95.9 Å². The molecule has 0 atom stereocenters. The summed E-state index contributed by atoms with van der Waals surface area (Å²) in [5.74, 6) is -34.5. The van der Waals surface area contributed by atoms with Crippen molar-refractivity contribution in [2.75, 3.05) is 0 Å². The molecule has 0 aromatic carbocycles.